The number of aromatic nitrogens is 1. The summed E-state index contributed by atoms with van der Waals surface area (Å²) in [5.41, 5.74) is 1.27. The van der Waals surface area contributed by atoms with Crippen LogP contribution in [-0.4, -0.2) is 4.98 Å². The molecule has 0 aliphatic heterocycles. The molecule has 1 aromatic rings. The predicted octanol–water partition coefficient (Wildman–Crippen LogP) is 1.40. The van der Waals surface area contributed by atoms with Gasteiger partial charge in [-0.05, 0) is 12.5 Å². The van der Waals surface area contributed by atoms with Crippen LogP contribution < -0.4 is 0 Å². The van der Waals surface area contributed by atoms with Crippen molar-refractivity contribution >= 4 is 0 Å². The van der Waals surface area contributed by atoms with Crippen molar-refractivity contribution in [3.63, 3.8) is 0 Å². The molecule has 0 aromatic carbocycles. The van der Waals surface area contributed by atoms with Gasteiger partial charge in [-0.15, -0.1) is 0 Å². The monoisotopic (exact) mass is 160 g/mol. The predicted molar refractivity (Wildman–Crippen MR) is 41.4 cm³/mol. The van der Waals surface area contributed by atoms with E-state index in [0.717, 1.165) is 5.56 Å². The van der Waals surface area contributed by atoms with E-state index >= 15 is 0 Å². The van der Waals surface area contributed by atoms with Crippen molar-refractivity contribution in [1.29, 1.82) is 5.26 Å². The SMILES string of the molecule is Cc1cnc(F)cc1C#CC#N. The number of nitriles is 1. The molecule has 0 radical (unpaired) electrons. The molecule has 58 valence electrons. The summed E-state index contributed by atoms with van der Waals surface area (Å²) in [4.78, 5) is 3.43. The van der Waals surface area contributed by atoms with Gasteiger partial charge in [-0.25, -0.2) is 4.98 Å². The van der Waals surface area contributed by atoms with E-state index in [9.17, 15) is 4.39 Å². The normalized spacial score (nSPS) is 8.08. The van der Waals surface area contributed by atoms with Crippen LogP contribution >= 0.6 is 0 Å². The van der Waals surface area contributed by atoms with E-state index in [0.29, 0.717) is 5.56 Å². The molecular weight excluding hydrogens is 155 g/mol. The van der Waals surface area contributed by atoms with Crippen LogP contribution in [0.15, 0.2) is 12.3 Å². The standard InChI is InChI=1S/C9H5FN2/c1-7-6-12-9(10)5-8(7)3-2-4-11/h5-6H,1H3. The van der Waals surface area contributed by atoms with Gasteiger partial charge in [-0.1, -0.05) is 5.92 Å². The molecule has 3 heteroatoms. The topological polar surface area (TPSA) is 36.7 Å². The largest absolute Gasteiger partial charge is 0.228 e. The molecule has 2 nitrogen and oxygen atoms in total. The zero-order chi connectivity index (χ0) is 8.97. The summed E-state index contributed by atoms with van der Waals surface area (Å²) in [6, 6.07) is 2.87. The highest BCUT2D eigenvalue weighted by molar-refractivity contribution is 5.41. The maximum Gasteiger partial charge on any atom is 0.214 e. The van der Waals surface area contributed by atoms with Crippen LogP contribution in [-0.2, 0) is 0 Å². The molecule has 0 amide bonds. The third-order valence-corrected chi connectivity index (χ3v) is 1.32. The Balaban J connectivity index is 3.16. The Kier molecular flexibility index (Phi) is 2.40. The second kappa shape index (κ2) is 3.50. The molecule has 0 N–H and O–H groups in total. The first kappa shape index (κ1) is 8.23. The van der Waals surface area contributed by atoms with Gasteiger partial charge in [0.05, 0.1) is 0 Å². The van der Waals surface area contributed by atoms with Crippen molar-refractivity contribution < 1.29 is 4.39 Å². The lowest BCUT2D eigenvalue weighted by Crippen LogP contribution is -1.88. The van der Waals surface area contributed by atoms with Crippen molar-refractivity contribution in [3.8, 4) is 17.9 Å². The van der Waals surface area contributed by atoms with E-state index in [2.05, 4.69) is 16.8 Å². The van der Waals surface area contributed by atoms with Crippen LogP contribution in [0.25, 0.3) is 0 Å². The second-order valence-corrected chi connectivity index (χ2v) is 2.18. The third kappa shape index (κ3) is 1.81. The molecule has 0 atom stereocenters. The van der Waals surface area contributed by atoms with Crippen LogP contribution in [0.5, 0.6) is 0 Å². The fraction of sp³-hybridized carbons (Fsp3) is 0.111. The van der Waals surface area contributed by atoms with Crippen molar-refractivity contribution in [2.24, 2.45) is 0 Å². The molecule has 0 fully saturated rings. The Bertz CT molecular complexity index is 393. The fourth-order valence-corrected chi connectivity index (χ4v) is 0.728. The molecule has 0 unspecified atom stereocenters. The van der Waals surface area contributed by atoms with Gasteiger partial charge in [0.25, 0.3) is 0 Å². The van der Waals surface area contributed by atoms with Crippen LogP contribution in [0.3, 0.4) is 0 Å². The Morgan fingerprint density at radius 1 is 1.58 bits per heavy atom. The third-order valence-electron chi connectivity index (χ3n) is 1.32. The second-order valence-electron chi connectivity index (χ2n) is 2.18. The summed E-state index contributed by atoms with van der Waals surface area (Å²) in [6.45, 7) is 1.76. The quantitative estimate of drug-likeness (QED) is 0.425. The van der Waals surface area contributed by atoms with Gasteiger partial charge in [0, 0.05) is 23.7 Å². The number of aryl methyl sites for hydroxylation is 1. The number of hydrogen-bond donors (Lipinski definition) is 0. The van der Waals surface area contributed by atoms with E-state index in [1.165, 1.54) is 12.3 Å². The van der Waals surface area contributed by atoms with Gasteiger partial charge < -0.3 is 0 Å². The van der Waals surface area contributed by atoms with Crippen molar-refractivity contribution in [1.82, 2.24) is 4.98 Å². The number of halogens is 1. The van der Waals surface area contributed by atoms with Gasteiger partial charge in [0.15, 0.2) is 6.07 Å². The zero-order valence-corrected chi connectivity index (χ0v) is 6.43. The Morgan fingerprint density at radius 3 is 3.00 bits per heavy atom. The first-order chi connectivity index (χ1) is 5.74. The average molecular weight is 160 g/mol. The molecule has 12 heavy (non-hydrogen) atoms. The van der Waals surface area contributed by atoms with Crippen molar-refractivity contribution in [2.45, 2.75) is 6.92 Å². The number of pyridine rings is 1. The number of nitrogens with zero attached hydrogens (tertiary/aromatic N) is 2. The minimum Gasteiger partial charge on any atom is -0.228 e. The molecular formula is C9H5FN2. The van der Waals surface area contributed by atoms with Gasteiger partial charge in [-0.3, -0.25) is 0 Å². The van der Waals surface area contributed by atoms with Crippen molar-refractivity contribution in [3.05, 3.63) is 29.3 Å². The minimum absolute atomic E-state index is 0.504. The Labute approximate surface area is 69.7 Å². The minimum atomic E-state index is -0.581. The van der Waals surface area contributed by atoms with Gasteiger partial charge >= 0.3 is 0 Å². The van der Waals surface area contributed by atoms with Gasteiger partial charge in [0.1, 0.15) is 0 Å². The van der Waals surface area contributed by atoms with Gasteiger partial charge in [-0.2, -0.15) is 9.65 Å². The van der Waals surface area contributed by atoms with E-state index in [4.69, 9.17) is 5.26 Å². The van der Waals surface area contributed by atoms with E-state index < -0.39 is 5.95 Å². The molecule has 1 rings (SSSR count). The van der Waals surface area contributed by atoms with Crippen LogP contribution in [0.4, 0.5) is 4.39 Å². The highest BCUT2D eigenvalue weighted by atomic mass is 19.1. The van der Waals surface area contributed by atoms with Crippen LogP contribution in [0.1, 0.15) is 11.1 Å². The zero-order valence-electron chi connectivity index (χ0n) is 6.43. The summed E-state index contributed by atoms with van der Waals surface area (Å²) in [5.74, 6) is 4.13. The molecule has 0 bridgehead atoms. The molecule has 0 saturated carbocycles. The first-order valence-corrected chi connectivity index (χ1v) is 3.26. The molecule has 0 aliphatic carbocycles. The molecule has 0 aliphatic rings. The lowest BCUT2D eigenvalue weighted by atomic mass is 10.2. The summed E-state index contributed by atoms with van der Waals surface area (Å²) >= 11 is 0. The van der Waals surface area contributed by atoms with Gasteiger partial charge in [0.2, 0.25) is 5.95 Å². The Morgan fingerprint density at radius 2 is 2.33 bits per heavy atom. The maximum absolute atomic E-state index is 12.5. The smallest absolute Gasteiger partial charge is 0.214 e. The van der Waals surface area contributed by atoms with Crippen molar-refractivity contribution in [2.75, 3.05) is 0 Å². The molecule has 0 spiro atoms. The summed E-state index contributed by atoms with van der Waals surface area (Å²) in [6.07, 6.45) is 1.39. The number of rotatable bonds is 0. The van der Waals surface area contributed by atoms with Crippen LogP contribution in [0.2, 0.25) is 0 Å². The highest BCUT2D eigenvalue weighted by Crippen LogP contribution is 2.05. The lowest BCUT2D eigenvalue weighted by Gasteiger charge is -1.94. The van der Waals surface area contributed by atoms with E-state index in [1.54, 1.807) is 13.0 Å². The molecule has 1 heterocycles. The van der Waals surface area contributed by atoms with E-state index in [-0.39, 0.29) is 0 Å². The lowest BCUT2D eigenvalue weighted by molar-refractivity contribution is 0.582. The summed E-state index contributed by atoms with van der Waals surface area (Å²) in [7, 11) is 0. The summed E-state index contributed by atoms with van der Waals surface area (Å²) in [5, 5.41) is 8.15. The number of hydrogen-bond acceptors (Lipinski definition) is 2. The first-order valence-electron chi connectivity index (χ1n) is 3.26. The van der Waals surface area contributed by atoms with Crippen LogP contribution in [0, 0.1) is 36.0 Å². The molecule has 1 aromatic heterocycles. The Hall–Kier alpha value is -1.87. The van der Waals surface area contributed by atoms with E-state index in [1.807, 2.05) is 0 Å². The average Bonchev–Trinajstić information content (AvgIpc) is 2.07. The highest BCUT2D eigenvalue weighted by Gasteiger charge is 1.96. The fourth-order valence-electron chi connectivity index (χ4n) is 0.728. The molecule has 0 saturated heterocycles. The summed E-state index contributed by atoms with van der Waals surface area (Å²) < 4.78 is 12.5. The maximum atomic E-state index is 12.5.